The summed E-state index contributed by atoms with van der Waals surface area (Å²) in [5, 5.41) is 11.0. The number of rotatable bonds is 5. The van der Waals surface area contributed by atoms with Gasteiger partial charge in [-0.1, -0.05) is 29.8 Å². The number of carbonyl (C=O) groups is 1. The first-order chi connectivity index (χ1) is 11.2. The summed E-state index contributed by atoms with van der Waals surface area (Å²) in [7, 11) is 0. The highest BCUT2D eigenvalue weighted by Gasteiger charge is 2.23. The van der Waals surface area contributed by atoms with Crippen molar-refractivity contribution in [1.82, 2.24) is 20.5 Å². The molecular formula is C15H17ClN4O2S. The average Bonchev–Trinajstić information content (AvgIpc) is 2.90. The van der Waals surface area contributed by atoms with E-state index in [-0.39, 0.29) is 17.8 Å². The number of hydrogen-bond donors (Lipinski definition) is 2. The normalized spacial score (nSPS) is 18.3. The fraction of sp³-hybridized carbons (Fsp3) is 0.400. The second-order valence-corrected chi connectivity index (χ2v) is 6.81. The van der Waals surface area contributed by atoms with Crippen molar-refractivity contribution >= 4 is 29.3 Å². The molecule has 1 aromatic carbocycles. The van der Waals surface area contributed by atoms with E-state index in [0.717, 1.165) is 25.8 Å². The zero-order valence-corrected chi connectivity index (χ0v) is 14.0. The molecule has 0 spiro atoms. The van der Waals surface area contributed by atoms with E-state index < -0.39 is 0 Å². The molecule has 1 aliphatic rings. The maximum absolute atomic E-state index is 11.9. The topological polar surface area (TPSA) is 79.9 Å². The number of amides is 1. The summed E-state index contributed by atoms with van der Waals surface area (Å²) >= 11 is 7.22. The van der Waals surface area contributed by atoms with Gasteiger partial charge in [0.2, 0.25) is 11.1 Å². The van der Waals surface area contributed by atoms with Crippen LogP contribution in [-0.2, 0) is 11.4 Å². The lowest BCUT2D eigenvalue weighted by Gasteiger charge is -2.09. The van der Waals surface area contributed by atoms with Gasteiger partial charge < -0.3 is 10.1 Å². The molecule has 1 aliphatic heterocycles. The molecule has 6 nitrogen and oxygen atoms in total. The predicted octanol–water partition coefficient (Wildman–Crippen LogP) is 2.80. The standard InChI is InChI=1S/C15H17ClN4O2S/c16-10-4-6-11(7-5-10)22-9-13-18-15(20-19-13)23-12-3-1-2-8-17-14(12)21/h4-7,12H,1-3,8-9H2,(H,17,21)(H,18,19,20). The third kappa shape index (κ3) is 4.62. The minimum absolute atomic E-state index is 0.0660. The highest BCUT2D eigenvalue weighted by Crippen LogP contribution is 2.25. The maximum Gasteiger partial charge on any atom is 0.233 e. The lowest BCUT2D eigenvalue weighted by molar-refractivity contribution is -0.120. The van der Waals surface area contributed by atoms with Gasteiger partial charge in [0.1, 0.15) is 12.4 Å². The van der Waals surface area contributed by atoms with Gasteiger partial charge in [-0.2, -0.15) is 0 Å². The molecule has 1 amide bonds. The van der Waals surface area contributed by atoms with Crippen LogP contribution in [0.25, 0.3) is 0 Å². The smallest absolute Gasteiger partial charge is 0.233 e. The van der Waals surface area contributed by atoms with Gasteiger partial charge in [0.15, 0.2) is 5.82 Å². The summed E-state index contributed by atoms with van der Waals surface area (Å²) in [5.41, 5.74) is 0. The number of carbonyl (C=O) groups excluding carboxylic acids is 1. The zero-order valence-electron chi connectivity index (χ0n) is 12.4. The van der Waals surface area contributed by atoms with Crippen LogP contribution in [0.1, 0.15) is 25.1 Å². The molecule has 1 fully saturated rings. The van der Waals surface area contributed by atoms with Gasteiger partial charge in [0, 0.05) is 11.6 Å². The molecule has 1 atom stereocenters. The number of nitrogens with one attached hydrogen (secondary N) is 2. The van der Waals surface area contributed by atoms with Gasteiger partial charge in [-0.15, -0.1) is 5.10 Å². The Morgan fingerprint density at radius 2 is 2.13 bits per heavy atom. The van der Waals surface area contributed by atoms with E-state index in [1.807, 2.05) is 0 Å². The minimum atomic E-state index is -0.127. The van der Waals surface area contributed by atoms with Crippen molar-refractivity contribution in [2.24, 2.45) is 0 Å². The van der Waals surface area contributed by atoms with E-state index in [1.165, 1.54) is 11.8 Å². The van der Waals surface area contributed by atoms with Gasteiger partial charge in [-0.3, -0.25) is 9.89 Å². The Morgan fingerprint density at radius 3 is 2.96 bits per heavy atom. The fourth-order valence-electron chi connectivity index (χ4n) is 2.23. The number of halogens is 1. The summed E-state index contributed by atoms with van der Waals surface area (Å²) < 4.78 is 5.61. The van der Waals surface area contributed by atoms with Gasteiger partial charge in [0.05, 0.1) is 5.25 Å². The number of thioether (sulfide) groups is 1. The third-order valence-corrected chi connectivity index (χ3v) is 4.81. The Morgan fingerprint density at radius 1 is 1.30 bits per heavy atom. The van der Waals surface area contributed by atoms with Gasteiger partial charge in [-0.05, 0) is 37.1 Å². The molecule has 2 N–H and O–H groups in total. The lowest BCUT2D eigenvalue weighted by atomic mass is 10.2. The summed E-state index contributed by atoms with van der Waals surface area (Å²) in [4.78, 5) is 16.3. The summed E-state index contributed by atoms with van der Waals surface area (Å²) in [6, 6.07) is 7.13. The van der Waals surface area contributed by atoms with E-state index in [0.29, 0.717) is 21.8 Å². The number of aromatic amines is 1. The number of ether oxygens (including phenoxy) is 1. The molecule has 2 heterocycles. The SMILES string of the molecule is O=C1NCCCCC1Sc1n[nH]c(COc2ccc(Cl)cc2)n1. The summed E-state index contributed by atoms with van der Waals surface area (Å²) in [6.07, 6.45) is 2.91. The quantitative estimate of drug-likeness (QED) is 0.864. The molecule has 0 radical (unpaired) electrons. The number of hydrogen-bond acceptors (Lipinski definition) is 5. The molecule has 1 saturated heterocycles. The monoisotopic (exact) mass is 352 g/mol. The van der Waals surface area contributed by atoms with Crippen molar-refractivity contribution in [1.29, 1.82) is 0 Å². The zero-order chi connectivity index (χ0) is 16.1. The van der Waals surface area contributed by atoms with E-state index in [1.54, 1.807) is 24.3 Å². The van der Waals surface area contributed by atoms with Crippen molar-refractivity contribution in [3.8, 4) is 5.75 Å². The Labute approximate surface area is 143 Å². The molecule has 23 heavy (non-hydrogen) atoms. The van der Waals surface area contributed by atoms with Crippen LogP contribution in [0.15, 0.2) is 29.4 Å². The Balaban J connectivity index is 1.55. The fourth-order valence-corrected chi connectivity index (χ4v) is 3.35. The summed E-state index contributed by atoms with van der Waals surface area (Å²) in [6.45, 7) is 1.04. The maximum atomic E-state index is 11.9. The average molecular weight is 353 g/mol. The van der Waals surface area contributed by atoms with Crippen LogP contribution < -0.4 is 10.1 Å². The van der Waals surface area contributed by atoms with E-state index >= 15 is 0 Å². The predicted molar refractivity (Wildman–Crippen MR) is 88.7 cm³/mol. The van der Waals surface area contributed by atoms with Gasteiger partial charge in [0.25, 0.3) is 0 Å². The van der Waals surface area contributed by atoms with E-state index in [4.69, 9.17) is 16.3 Å². The number of aromatic nitrogens is 3. The highest BCUT2D eigenvalue weighted by molar-refractivity contribution is 8.00. The van der Waals surface area contributed by atoms with Crippen LogP contribution in [0.3, 0.4) is 0 Å². The highest BCUT2D eigenvalue weighted by atomic mass is 35.5. The third-order valence-electron chi connectivity index (χ3n) is 3.43. The Kier molecular flexibility index (Phi) is 5.40. The van der Waals surface area contributed by atoms with Crippen molar-refractivity contribution < 1.29 is 9.53 Å². The van der Waals surface area contributed by atoms with Crippen LogP contribution >= 0.6 is 23.4 Å². The van der Waals surface area contributed by atoms with Crippen LogP contribution in [0.4, 0.5) is 0 Å². The van der Waals surface area contributed by atoms with Crippen molar-refractivity contribution in [3.05, 3.63) is 35.1 Å². The van der Waals surface area contributed by atoms with Crippen LogP contribution in [0.5, 0.6) is 5.75 Å². The molecule has 0 bridgehead atoms. The molecule has 2 aromatic rings. The van der Waals surface area contributed by atoms with Crippen LogP contribution in [-0.4, -0.2) is 32.9 Å². The number of benzene rings is 1. The molecule has 1 unspecified atom stereocenters. The first-order valence-corrected chi connectivity index (χ1v) is 8.70. The number of H-pyrrole nitrogens is 1. The van der Waals surface area contributed by atoms with Crippen molar-refractivity contribution in [2.45, 2.75) is 36.3 Å². The van der Waals surface area contributed by atoms with E-state index in [2.05, 4.69) is 20.5 Å². The largest absolute Gasteiger partial charge is 0.486 e. The Bertz CT molecular complexity index is 662. The van der Waals surface area contributed by atoms with Gasteiger partial charge in [-0.25, -0.2) is 4.98 Å². The molecule has 3 rings (SSSR count). The first kappa shape index (κ1) is 16.1. The lowest BCUT2D eigenvalue weighted by Crippen LogP contribution is -2.30. The van der Waals surface area contributed by atoms with Crippen molar-refractivity contribution in [3.63, 3.8) is 0 Å². The number of nitrogens with zero attached hydrogens (tertiary/aromatic N) is 2. The first-order valence-electron chi connectivity index (χ1n) is 7.45. The van der Waals surface area contributed by atoms with Gasteiger partial charge >= 0.3 is 0 Å². The van der Waals surface area contributed by atoms with Crippen molar-refractivity contribution in [2.75, 3.05) is 6.54 Å². The molecule has 0 saturated carbocycles. The Hall–Kier alpha value is -1.73. The van der Waals surface area contributed by atoms with Crippen LogP contribution in [0, 0.1) is 0 Å². The minimum Gasteiger partial charge on any atom is -0.486 e. The molecule has 8 heteroatoms. The molecule has 122 valence electrons. The second kappa shape index (κ2) is 7.70. The molecular weight excluding hydrogens is 336 g/mol. The van der Waals surface area contributed by atoms with Crippen LogP contribution in [0.2, 0.25) is 5.02 Å². The molecule has 1 aromatic heterocycles. The second-order valence-electron chi connectivity index (χ2n) is 5.20. The van der Waals surface area contributed by atoms with E-state index in [9.17, 15) is 4.79 Å². The summed E-state index contributed by atoms with van der Waals surface area (Å²) in [5.74, 6) is 1.40. The molecule has 0 aliphatic carbocycles.